The second-order valence-corrected chi connectivity index (χ2v) is 4.07. The van der Waals surface area contributed by atoms with Crippen LogP contribution in [0.2, 0.25) is 0 Å². The van der Waals surface area contributed by atoms with Crippen LogP contribution in [0.25, 0.3) is 0 Å². The smallest absolute Gasteiger partial charge is 0.352 e. The van der Waals surface area contributed by atoms with Gasteiger partial charge in [-0.05, 0) is 6.92 Å². The predicted molar refractivity (Wildman–Crippen MR) is 60.3 cm³/mol. The Bertz CT molecular complexity index is 503. The van der Waals surface area contributed by atoms with E-state index in [9.17, 15) is 15.0 Å². The van der Waals surface area contributed by atoms with E-state index >= 15 is 0 Å². The number of rotatable bonds is 2. The Balaban J connectivity index is 2.39. The molecule has 1 aromatic rings. The molecule has 1 saturated heterocycles. The third-order valence-electron chi connectivity index (χ3n) is 2.80. The summed E-state index contributed by atoms with van der Waals surface area (Å²) in [6, 6.07) is 0. The number of ether oxygens (including phenoxy) is 1. The number of aliphatic hydroxyl groups excluding tert-OH is 3. The molecule has 18 heavy (non-hydrogen) atoms. The summed E-state index contributed by atoms with van der Waals surface area (Å²) in [5.74, 6) is 0.0867. The Morgan fingerprint density at radius 2 is 2.22 bits per heavy atom. The van der Waals surface area contributed by atoms with E-state index < -0.39 is 30.6 Å². The normalized spacial score (nSPS) is 28.8. The van der Waals surface area contributed by atoms with Crippen molar-refractivity contribution in [3.8, 4) is 0 Å². The Morgan fingerprint density at radius 3 is 2.78 bits per heavy atom. The molecule has 8 nitrogen and oxygen atoms in total. The van der Waals surface area contributed by atoms with Crippen LogP contribution < -0.4 is 11.4 Å². The zero-order valence-corrected chi connectivity index (χ0v) is 9.65. The highest BCUT2D eigenvalue weighted by Gasteiger charge is 2.45. The average molecular weight is 256 g/mol. The van der Waals surface area contributed by atoms with Crippen LogP contribution in [-0.4, -0.2) is 49.8 Å². The summed E-state index contributed by atoms with van der Waals surface area (Å²) in [6.45, 7) is 1.16. The highest BCUT2D eigenvalue weighted by atomic mass is 16.6. The van der Waals surface area contributed by atoms with Crippen molar-refractivity contribution in [2.24, 2.45) is 0 Å². The molecule has 2 rings (SSSR count). The number of aromatic nitrogens is 2. The van der Waals surface area contributed by atoms with Gasteiger partial charge in [-0.3, -0.25) is 4.57 Å². The third-order valence-corrected chi connectivity index (χ3v) is 2.80. The van der Waals surface area contributed by atoms with E-state index in [1.807, 2.05) is 0 Å². The maximum absolute atomic E-state index is 11.6. The van der Waals surface area contributed by atoms with Crippen molar-refractivity contribution < 1.29 is 20.1 Å². The Labute approximate surface area is 102 Å². The van der Waals surface area contributed by atoms with Crippen LogP contribution in [-0.2, 0) is 4.74 Å². The second kappa shape index (κ2) is 4.65. The van der Waals surface area contributed by atoms with E-state index in [4.69, 9.17) is 15.6 Å². The molecule has 1 aliphatic rings. The number of nitrogens with two attached hydrogens (primary N) is 1. The Morgan fingerprint density at radius 1 is 1.56 bits per heavy atom. The van der Waals surface area contributed by atoms with E-state index in [-0.39, 0.29) is 12.0 Å². The molecule has 3 atom stereocenters. The SMILES string of the molecule is Cc1cn([C]2O[C@H](CO)[C@@H](O)[C@H]2O)c(=O)nc1N. The lowest BCUT2D eigenvalue weighted by Crippen LogP contribution is -2.36. The lowest BCUT2D eigenvalue weighted by atomic mass is 10.1. The largest absolute Gasteiger partial charge is 0.394 e. The first-order valence-electron chi connectivity index (χ1n) is 5.32. The molecular formula is C10H14N3O5. The molecule has 0 amide bonds. The van der Waals surface area contributed by atoms with Gasteiger partial charge in [0.2, 0.25) is 6.23 Å². The van der Waals surface area contributed by atoms with Crippen molar-refractivity contribution in [1.82, 2.24) is 9.55 Å². The van der Waals surface area contributed by atoms with Gasteiger partial charge in [0.05, 0.1) is 6.61 Å². The molecular weight excluding hydrogens is 242 g/mol. The van der Waals surface area contributed by atoms with Crippen molar-refractivity contribution in [2.75, 3.05) is 12.3 Å². The number of nitrogens with zero attached hydrogens (tertiary/aromatic N) is 2. The summed E-state index contributed by atoms with van der Waals surface area (Å²) >= 11 is 0. The molecule has 0 unspecified atom stereocenters. The number of hydrogen-bond acceptors (Lipinski definition) is 7. The number of aliphatic hydroxyl groups is 3. The van der Waals surface area contributed by atoms with E-state index in [0.717, 1.165) is 4.57 Å². The molecule has 5 N–H and O–H groups in total. The van der Waals surface area contributed by atoms with Crippen LogP contribution in [0, 0.1) is 13.2 Å². The van der Waals surface area contributed by atoms with E-state index in [1.165, 1.54) is 6.20 Å². The minimum absolute atomic E-state index is 0.0867. The van der Waals surface area contributed by atoms with Gasteiger partial charge >= 0.3 is 5.69 Å². The lowest BCUT2D eigenvalue weighted by molar-refractivity contribution is -0.00686. The number of aryl methyl sites for hydroxylation is 1. The van der Waals surface area contributed by atoms with Gasteiger partial charge in [-0.25, -0.2) is 4.79 Å². The highest BCUT2D eigenvalue weighted by Crippen LogP contribution is 2.27. The summed E-state index contributed by atoms with van der Waals surface area (Å²) in [7, 11) is 0. The quantitative estimate of drug-likeness (QED) is 0.463. The number of anilines is 1. The van der Waals surface area contributed by atoms with Gasteiger partial charge in [-0.15, -0.1) is 0 Å². The molecule has 0 bridgehead atoms. The van der Waals surface area contributed by atoms with Crippen molar-refractivity contribution in [3.63, 3.8) is 0 Å². The van der Waals surface area contributed by atoms with E-state index in [0.29, 0.717) is 5.56 Å². The highest BCUT2D eigenvalue weighted by molar-refractivity contribution is 5.35. The molecule has 8 heteroatoms. The summed E-state index contributed by atoms with van der Waals surface area (Å²) in [5.41, 5.74) is 5.28. The van der Waals surface area contributed by atoms with Crippen molar-refractivity contribution in [3.05, 3.63) is 28.5 Å². The van der Waals surface area contributed by atoms with Gasteiger partial charge in [-0.2, -0.15) is 4.98 Å². The maximum Gasteiger partial charge on any atom is 0.352 e. The molecule has 1 aliphatic heterocycles. The van der Waals surface area contributed by atoms with Crippen molar-refractivity contribution >= 4 is 5.82 Å². The second-order valence-electron chi connectivity index (χ2n) is 4.07. The molecule has 99 valence electrons. The van der Waals surface area contributed by atoms with Crippen LogP contribution in [0.1, 0.15) is 5.56 Å². The maximum atomic E-state index is 11.6. The average Bonchev–Trinajstić information content (AvgIpc) is 2.61. The first kappa shape index (κ1) is 13.0. The standard InChI is InChI=1S/C10H14N3O5/c1-4-2-13(10(17)12-8(4)11)9-7(16)6(15)5(3-14)18-9/h2,5-7,14-16H,3H2,1H3,(H2,11,12,17)/t5-,6-,7-/m1/s1. The fourth-order valence-corrected chi connectivity index (χ4v) is 1.71. The first-order chi connectivity index (χ1) is 8.45. The minimum atomic E-state index is -1.40. The first-order valence-corrected chi connectivity index (χ1v) is 5.32. The topological polar surface area (TPSA) is 131 Å². The van der Waals surface area contributed by atoms with Gasteiger partial charge < -0.3 is 25.8 Å². The summed E-state index contributed by atoms with van der Waals surface area (Å²) < 4.78 is 6.11. The molecule has 0 aliphatic carbocycles. The molecule has 0 spiro atoms. The Kier molecular flexibility index (Phi) is 3.35. The van der Waals surface area contributed by atoms with Crippen LogP contribution in [0.5, 0.6) is 0 Å². The molecule has 0 saturated carbocycles. The monoisotopic (exact) mass is 256 g/mol. The van der Waals surface area contributed by atoms with Gasteiger partial charge in [0, 0.05) is 11.8 Å². The van der Waals surface area contributed by atoms with Crippen LogP contribution in [0.15, 0.2) is 11.0 Å². The lowest BCUT2D eigenvalue weighted by Gasteiger charge is -2.16. The molecule has 0 aromatic carbocycles. The van der Waals surface area contributed by atoms with Gasteiger partial charge in [0.1, 0.15) is 24.1 Å². The van der Waals surface area contributed by atoms with Gasteiger partial charge in [0.25, 0.3) is 0 Å². The number of nitrogen functional groups attached to an aromatic ring is 1. The third kappa shape index (κ3) is 1.99. The van der Waals surface area contributed by atoms with Gasteiger partial charge in [-0.1, -0.05) is 0 Å². The van der Waals surface area contributed by atoms with Crippen LogP contribution in [0.3, 0.4) is 0 Å². The zero-order chi connectivity index (χ0) is 13.4. The minimum Gasteiger partial charge on any atom is -0.394 e. The predicted octanol–water partition coefficient (Wildman–Crippen LogP) is -2.42. The van der Waals surface area contributed by atoms with Crippen LogP contribution >= 0.6 is 0 Å². The van der Waals surface area contributed by atoms with E-state index in [1.54, 1.807) is 6.92 Å². The van der Waals surface area contributed by atoms with E-state index in [2.05, 4.69) is 4.98 Å². The molecule has 2 heterocycles. The fourth-order valence-electron chi connectivity index (χ4n) is 1.71. The molecule has 1 aromatic heterocycles. The molecule has 1 fully saturated rings. The fraction of sp³-hybridized carbons (Fsp3) is 0.500. The van der Waals surface area contributed by atoms with Crippen molar-refractivity contribution in [1.29, 1.82) is 0 Å². The summed E-state index contributed by atoms with van der Waals surface area (Å²) in [5, 5.41) is 28.3. The van der Waals surface area contributed by atoms with Gasteiger partial charge in [0.15, 0.2) is 0 Å². The molecule has 1 radical (unpaired) electrons. The summed E-state index contributed by atoms with van der Waals surface area (Å²) in [6.07, 6.45) is -2.48. The number of hydrogen-bond donors (Lipinski definition) is 4. The summed E-state index contributed by atoms with van der Waals surface area (Å²) in [4.78, 5) is 15.2. The Hall–Kier alpha value is -1.48. The van der Waals surface area contributed by atoms with Crippen molar-refractivity contribution in [2.45, 2.75) is 25.2 Å². The zero-order valence-electron chi connectivity index (χ0n) is 9.65. The van der Waals surface area contributed by atoms with Crippen LogP contribution in [0.4, 0.5) is 5.82 Å².